The molecule has 1 unspecified atom stereocenters. The number of carbonyl (C=O) groups is 1. The van der Waals surface area contributed by atoms with Crippen LogP contribution in [0.1, 0.15) is 30.1 Å². The quantitative estimate of drug-likeness (QED) is 0.748. The zero-order chi connectivity index (χ0) is 12.5. The van der Waals surface area contributed by atoms with E-state index in [4.69, 9.17) is 9.47 Å². The molecule has 0 spiro atoms. The summed E-state index contributed by atoms with van der Waals surface area (Å²) in [5, 5.41) is 0. The second-order valence-electron chi connectivity index (χ2n) is 4.13. The van der Waals surface area contributed by atoms with Gasteiger partial charge in [-0.15, -0.1) is 6.58 Å². The van der Waals surface area contributed by atoms with Crippen molar-refractivity contribution in [2.24, 2.45) is 0 Å². The maximum Gasteiger partial charge on any atom is 0.210 e. The lowest BCUT2D eigenvalue weighted by atomic mass is 9.89. The van der Waals surface area contributed by atoms with Crippen molar-refractivity contribution in [1.29, 1.82) is 0 Å². The molecular formula is C14H16O3. The third-order valence-electron chi connectivity index (χ3n) is 3.20. The van der Waals surface area contributed by atoms with Crippen LogP contribution in [-0.4, -0.2) is 18.5 Å². The monoisotopic (exact) mass is 232 g/mol. The molecule has 17 heavy (non-hydrogen) atoms. The number of rotatable bonds is 4. The van der Waals surface area contributed by atoms with Gasteiger partial charge in [-0.25, -0.2) is 0 Å². The van der Waals surface area contributed by atoms with E-state index in [1.54, 1.807) is 31.4 Å². The van der Waals surface area contributed by atoms with Crippen LogP contribution in [0.3, 0.4) is 0 Å². The number of ether oxygens (including phenoxy) is 2. The van der Waals surface area contributed by atoms with E-state index in [1.165, 1.54) is 0 Å². The molecule has 3 heteroatoms. The van der Waals surface area contributed by atoms with E-state index in [0.717, 1.165) is 0 Å². The lowest BCUT2D eigenvalue weighted by molar-refractivity contribution is 0.0556. The normalized spacial score (nSPS) is 21.9. The highest BCUT2D eigenvalue weighted by atomic mass is 16.5. The van der Waals surface area contributed by atoms with Gasteiger partial charge in [-0.05, 0) is 24.6 Å². The Hall–Kier alpha value is -1.77. The second kappa shape index (κ2) is 4.24. The van der Waals surface area contributed by atoms with E-state index in [-0.39, 0.29) is 5.78 Å². The molecular weight excluding hydrogens is 216 g/mol. The van der Waals surface area contributed by atoms with Gasteiger partial charge >= 0.3 is 0 Å². The van der Waals surface area contributed by atoms with Crippen molar-refractivity contribution in [1.82, 2.24) is 0 Å². The van der Waals surface area contributed by atoms with Crippen LogP contribution in [0.2, 0.25) is 0 Å². The van der Waals surface area contributed by atoms with Crippen LogP contribution < -0.4 is 9.47 Å². The second-order valence-corrected chi connectivity index (χ2v) is 4.13. The third kappa shape index (κ3) is 1.71. The Morgan fingerprint density at radius 3 is 2.88 bits per heavy atom. The molecule has 0 N–H and O–H groups in total. The molecule has 3 nitrogen and oxygen atoms in total. The fourth-order valence-corrected chi connectivity index (χ4v) is 2.15. The zero-order valence-corrected chi connectivity index (χ0v) is 10.2. The van der Waals surface area contributed by atoms with Crippen LogP contribution in [0.5, 0.6) is 11.5 Å². The van der Waals surface area contributed by atoms with Gasteiger partial charge < -0.3 is 9.47 Å². The molecule has 1 aliphatic heterocycles. The number of methoxy groups -OCH3 is 1. The van der Waals surface area contributed by atoms with Crippen molar-refractivity contribution in [2.45, 2.75) is 25.4 Å². The molecule has 0 amide bonds. The highest BCUT2D eigenvalue weighted by Crippen LogP contribution is 2.40. The highest BCUT2D eigenvalue weighted by molar-refractivity contribution is 6.07. The summed E-state index contributed by atoms with van der Waals surface area (Å²) in [4.78, 5) is 12.4. The fraction of sp³-hybridized carbons (Fsp3) is 0.357. The molecule has 0 radical (unpaired) electrons. The first-order valence-electron chi connectivity index (χ1n) is 5.69. The van der Waals surface area contributed by atoms with Gasteiger partial charge in [-0.3, -0.25) is 4.79 Å². The van der Waals surface area contributed by atoms with Crippen LogP contribution in [0.15, 0.2) is 30.9 Å². The number of Topliss-reactive ketones (excluding diaryl/α,β-unsaturated/α-hetero) is 1. The summed E-state index contributed by atoms with van der Waals surface area (Å²) in [6.45, 7) is 5.64. The van der Waals surface area contributed by atoms with Gasteiger partial charge in [0.2, 0.25) is 5.78 Å². The smallest absolute Gasteiger partial charge is 0.210 e. The molecule has 0 aromatic heterocycles. The van der Waals surface area contributed by atoms with Crippen molar-refractivity contribution in [3.8, 4) is 11.5 Å². The van der Waals surface area contributed by atoms with Gasteiger partial charge in [0.15, 0.2) is 5.60 Å². The largest absolute Gasteiger partial charge is 0.497 e. The number of benzene rings is 1. The Bertz CT molecular complexity index is 465. The van der Waals surface area contributed by atoms with E-state index in [0.29, 0.717) is 29.9 Å². The summed E-state index contributed by atoms with van der Waals surface area (Å²) in [6, 6.07) is 5.32. The van der Waals surface area contributed by atoms with Crippen LogP contribution in [0.4, 0.5) is 0 Å². The summed E-state index contributed by atoms with van der Waals surface area (Å²) in [5.41, 5.74) is -0.163. The average molecular weight is 232 g/mol. The van der Waals surface area contributed by atoms with Crippen LogP contribution in [-0.2, 0) is 0 Å². The first-order chi connectivity index (χ1) is 8.16. The lowest BCUT2D eigenvalue weighted by Crippen LogP contribution is -2.38. The number of fused-ring (bicyclic) bond motifs is 1. The molecule has 0 aliphatic carbocycles. The fourth-order valence-electron chi connectivity index (χ4n) is 2.15. The topological polar surface area (TPSA) is 35.5 Å². The van der Waals surface area contributed by atoms with Crippen molar-refractivity contribution < 1.29 is 14.3 Å². The maximum absolute atomic E-state index is 12.4. The minimum absolute atomic E-state index is 0.0220. The molecule has 1 heterocycles. The third-order valence-corrected chi connectivity index (χ3v) is 3.20. The molecule has 0 saturated heterocycles. The van der Waals surface area contributed by atoms with Gasteiger partial charge in [-0.2, -0.15) is 0 Å². The number of ketones is 1. The van der Waals surface area contributed by atoms with Crippen molar-refractivity contribution in [2.75, 3.05) is 7.11 Å². The van der Waals surface area contributed by atoms with Crippen molar-refractivity contribution >= 4 is 5.78 Å². The Morgan fingerprint density at radius 2 is 2.29 bits per heavy atom. The zero-order valence-electron chi connectivity index (χ0n) is 10.2. The van der Waals surface area contributed by atoms with Gasteiger partial charge in [0.05, 0.1) is 12.7 Å². The van der Waals surface area contributed by atoms with Crippen molar-refractivity contribution in [3.63, 3.8) is 0 Å². The predicted octanol–water partition coefficient (Wildman–Crippen LogP) is 3.00. The molecule has 0 fully saturated rings. The van der Waals surface area contributed by atoms with Gasteiger partial charge in [0, 0.05) is 6.42 Å². The van der Waals surface area contributed by atoms with Gasteiger partial charge in [0.25, 0.3) is 0 Å². The molecule has 1 aromatic rings. The van der Waals surface area contributed by atoms with Crippen molar-refractivity contribution in [3.05, 3.63) is 36.4 Å². The Kier molecular flexibility index (Phi) is 2.92. The molecule has 0 bridgehead atoms. The van der Waals surface area contributed by atoms with E-state index in [9.17, 15) is 4.79 Å². The number of carbonyl (C=O) groups excluding carboxylic acids is 1. The molecule has 1 aromatic carbocycles. The van der Waals surface area contributed by atoms with Gasteiger partial charge in [-0.1, -0.05) is 13.0 Å². The Morgan fingerprint density at radius 1 is 1.53 bits per heavy atom. The van der Waals surface area contributed by atoms with Gasteiger partial charge in [0.1, 0.15) is 11.5 Å². The Labute approximate surface area is 101 Å². The van der Waals surface area contributed by atoms with E-state index >= 15 is 0 Å². The summed E-state index contributed by atoms with van der Waals surface area (Å²) < 4.78 is 10.9. The molecule has 1 aliphatic rings. The molecule has 90 valence electrons. The van der Waals surface area contributed by atoms with E-state index < -0.39 is 5.60 Å². The highest BCUT2D eigenvalue weighted by Gasteiger charge is 2.45. The first kappa shape index (κ1) is 11.7. The van der Waals surface area contributed by atoms with Crippen LogP contribution >= 0.6 is 0 Å². The number of hydrogen-bond donors (Lipinski definition) is 0. The standard InChI is InChI=1S/C14H16O3/c1-4-8-14(5-2)13(15)11-9-10(16-3)6-7-12(11)17-14/h4,6-7,9H,1,5,8H2,2-3H3. The molecule has 2 rings (SSSR count). The Balaban J connectivity index is 2.44. The van der Waals surface area contributed by atoms with Crippen LogP contribution in [0, 0.1) is 0 Å². The molecule has 0 saturated carbocycles. The maximum atomic E-state index is 12.4. The lowest BCUT2D eigenvalue weighted by Gasteiger charge is -2.23. The SMILES string of the molecule is C=CCC1(CC)Oc2ccc(OC)cc2C1=O. The summed E-state index contributed by atoms with van der Waals surface area (Å²) in [6.07, 6.45) is 2.89. The minimum Gasteiger partial charge on any atom is -0.497 e. The van der Waals surface area contributed by atoms with Crippen LogP contribution in [0.25, 0.3) is 0 Å². The minimum atomic E-state index is -0.767. The number of hydrogen-bond acceptors (Lipinski definition) is 3. The summed E-state index contributed by atoms with van der Waals surface area (Å²) >= 11 is 0. The summed E-state index contributed by atoms with van der Waals surface area (Å²) in [5.74, 6) is 1.33. The molecule has 1 atom stereocenters. The summed E-state index contributed by atoms with van der Waals surface area (Å²) in [7, 11) is 1.58. The predicted molar refractivity (Wildman–Crippen MR) is 65.8 cm³/mol. The first-order valence-corrected chi connectivity index (χ1v) is 5.69. The average Bonchev–Trinajstić information content (AvgIpc) is 2.63. The van der Waals surface area contributed by atoms with E-state index in [1.807, 2.05) is 6.92 Å². The van der Waals surface area contributed by atoms with E-state index in [2.05, 4.69) is 6.58 Å².